The van der Waals surface area contributed by atoms with Crippen LogP contribution in [0.5, 0.6) is 0 Å². The first-order valence-electron chi connectivity index (χ1n) is 3.72. The summed E-state index contributed by atoms with van der Waals surface area (Å²) in [7, 11) is 0. The van der Waals surface area contributed by atoms with E-state index < -0.39 is 0 Å². The van der Waals surface area contributed by atoms with Crippen LogP contribution in [-0.4, -0.2) is 19.0 Å². The number of hydrogen-bond acceptors (Lipinski definition) is 2. The average Bonchev–Trinajstić information content (AvgIpc) is 2.28. The smallest absolute Gasteiger partial charge is 0.180 e. The Balaban J connectivity index is 2.16. The molecule has 2 aliphatic heterocycles. The Morgan fingerprint density at radius 1 is 1.60 bits per heavy atom. The molecule has 10 heavy (non-hydrogen) atoms. The van der Waals surface area contributed by atoms with Crippen molar-refractivity contribution < 1.29 is 9.47 Å². The first-order valence-corrected chi connectivity index (χ1v) is 3.72. The molecule has 0 saturated carbocycles. The Labute approximate surface area is 60.8 Å². The Hall–Kier alpha value is -0.340. The van der Waals surface area contributed by atoms with E-state index in [1.807, 2.05) is 0 Å². The Morgan fingerprint density at radius 3 is 3.20 bits per heavy atom. The van der Waals surface area contributed by atoms with Crippen LogP contribution in [0, 0.1) is 5.92 Å². The van der Waals surface area contributed by atoms with Crippen molar-refractivity contribution in [2.24, 2.45) is 5.92 Å². The predicted octanol–water partition coefficient (Wildman–Crippen LogP) is 1.32. The highest BCUT2D eigenvalue weighted by molar-refractivity contribution is 5.06. The summed E-state index contributed by atoms with van der Waals surface area (Å²) < 4.78 is 10.8. The number of hydrogen-bond donors (Lipinski definition) is 0. The van der Waals surface area contributed by atoms with Gasteiger partial charge in [0.15, 0.2) is 6.29 Å². The molecule has 0 N–H and O–H groups in total. The van der Waals surface area contributed by atoms with Gasteiger partial charge in [-0.3, -0.25) is 0 Å². The second kappa shape index (κ2) is 2.07. The van der Waals surface area contributed by atoms with Crippen LogP contribution in [0.1, 0.15) is 13.3 Å². The van der Waals surface area contributed by atoms with Gasteiger partial charge in [-0.2, -0.15) is 0 Å². The maximum absolute atomic E-state index is 5.50. The van der Waals surface area contributed by atoms with Gasteiger partial charge in [-0.1, -0.05) is 13.5 Å². The van der Waals surface area contributed by atoms with Crippen LogP contribution in [0.25, 0.3) is 0 Å². The van der Waals surface area contributed by atoms with E-state index >= 15 is 0 Å². The van der Waals surface area contributed by atoms with Gasteiger partial charge < -0.3 is 9.47 Å². The van der Waals surface area contributed by atoms with Gasteiger partial charge in [0.25, 0.3) is 0 Å². The lowest BCUT2D eigenvalue weighted by atomic mass is 9.95. The summed E-state index contributed by atoms with van der Waals surface area (Å²) in [6, 6.07) is 0. The highest BCUT2D eigenvalue weighted by atomic mass is 16.7. The van der Waals surface area contributed by atoms with Crippen molar-refractivity contribution in [1.82, 2.24) is 0 Å². The van der Waals surface area contributed by atoms with Gasteiger partial charge >= 0.3 is 0 Å². The third kappa shape index (κ3) is 0.796. The average molecular weight is 140 g/mol. The maximum atomic E-state index is 5.50. The molecule has 0 aromatic heterocycles. The first-order chi connectivity index (χ1) is 4.77. The van der Waals surface area contributed by atoms with E-state index in [1.165, 1.54) is 0 Å². The fraction of sp³-hybridized carbons (Fsp3) is 0.750. The molecular formula is C8H12O2. The summed E-state index contributed by atoms with van der Waals surface area (Å²) in [5.41, 5.74) is 1.10. The van der Waals surface area contributed by atoms with Crippen molar-refractivity contribution in [3.63, 3.8) is 0 Å². The molecule has 0 aromatic carbocycles. The zero-order chi connectivity index (χ0) is 7.14. The fourth-order valence-electron chi connectivity index (χ4n) is 1.57. The Morgan fingerprint density at radius 2 is 2.40 bits per heavy atom. The first kappa shape index (κ1) is 6.38. The Kier molecular flexibility index (Phi) is 1.32. The lowest BCUT2D eigenvalue weighted by Gasteiger charge is -2.25. The molecule has 0 radical (unpaired) electrons. The van der Waals surface area contributed by atoms with Gasteiger partial charge in [-0.05, 0) is 17.9 Å². The molecule has 2 saturated heterocycles. The minimum atomic E-state index is -0.0822. The molecule has 2 heterocycles. The van der Waals surface area contributed by atoms with Crippen LogP contribution in [0.15, 0.2) is 12.2 Å². The van der Waals surface area contributed by atoms with Crippen molar-refractivity contribution >= 4 is 0 Å². The lowest BCUT2D eigenvalue weighted by Crippen LogP contribution is -2.27. The zero-order valence-electron chi connectivity index (χ0n) is 6.17. The molecule has 0 aliphatic carbocycles. The number of ether oxygens (including phenoxy) is 2. The summed E-state index contributed by atoms with van der Waals surface area (Å²) in [6.07, 6.45) is 1.31. The summed E-state index contributed by atoms with van der Waals surface area (Å²) in [5.74, 6) is 0.589. The molecule has 2 heteroatoms. The standard InChI is InChI=1S/C8H12O2/c1-5-3-6(2)8-9-4-7(5)10-8/h5,7-8H,2-4H2,1H3/t5-,7+,8+/m0/s1. The fourth-order valence-corrected chi connectivity index (χ4v) is 1.57. The van der Waals surface area contributed by atoms with Gasteiger partial charge in [0.2, 0.25) is 0 Å². The molecule has 56 valence electrons. The molecule has 2 aliphatic rings. The maximum Gasteiger partial charge on any atom is 0.180 e. The molecule has 3 atom stereocenters. The van der Waals surface area contributed by atoms with E-state index in [-0.39, 0.29) is 6.29 Å². The summed E-state index contributed by atoms with van der Waals surface area (Å²) in [6.45, 7) is 6.83. The van der Waals surface area contributed by atoms with Crippen LogP contribution < -0.4 is 0 Å². The molecule has 2 rings (SSSR count). The van der Waals surface area contributed by atoms with E-state index in [2.05, 4.69) is 13.5 Å². The van der Waals surface area contributed by atoms with Crippen molar-refractivity contribution in [3.8, 4) is 0 Å². The monoisotopic (exact) mass is 140 g/mol. The summed E-state index contributed by atoms with van der Waals surface area (Å²) >= 11 is 0. The molecule has 0 amide bonds. The van der Waals surface area contributed by atoms with Gasteiger partial charge in [0.1, 0.15) is 0 Å². The SMILES string of the molecule is C=C1C[C@H](C)[C@H]2CO[C@@H]1O2. The van der Waals surface area contributed by atoms with E-state index in [9.17, 15) is 0 Å². The van der Waals surface area contributed by atoms with Gasteiger partial charge in [0.05, 0.1) is 12.7 Å². The van der Waals surface area contributed by atoms with E-state index in [4.69, 9.17) is 9.47 Å². The summed E-state index contributed by atoms with van der Waals surface area (Å²) in [5, 5.41) is 0. The minimum absolute atomic E-state index is 0.0822. The summed E-state index contributed by atoms with van der Waals surface area (Å²) in [4.78, 5) is 0. The quantitative estimate of drug-likeness (QED) is 0.472. The zero-order valence-corrected chi connectivity index (χ0v) is 6.17. The largest absolute Gasteiger partial charge is 0.346 e. The minimum Gasteiger partial charge on any atom is -0.346 e. The Bertz CT molecular complexity index is 165. The second-order valence-corrected chi connectivity index (χ2v) is 3.18. The number of fused-ring (bicyclic) bond motifs is 2. The topological polar surface area (TPSA) is 18.5 Å². The van der Waals surface area contributed by atoms with Crippen molar-refractivity contribution in [2.75, 3.05) is 6.61 Å². The molecule has 2 bridgehead atoms. The molecule has 0 unspecified atom stereocenters. The van der Waals surface area contributed by atoms with Crippen molar-refractivity contribution in [1.29, 1.82) is 0 Å². The van der Waals surface area contributed by atoms with Crippen molar-refractivity contribution in [3.05, 3.63) is 12.2 Å². The van der Waals surface area contributed by atoms with E-state index in [0.717, 1.165) is 18.6 Å². The van der Waals surface area contributed by atoms with E-state index in [1.54, 1.807) is 0 Å². The molecule has 0 spiro atoms. The second-order valence-electron chi connectivity index (χ2n) is 3.18. The third-order valence-electron chi connectivity index (χ3n) is 2.26. The van der Waals surface area contributed by atoms with Crippen LogP contribution in [0.2, 0.25) is 0 Å². The van der Waals surface area contributed by atoms with Crippen LogP contribution in [0.4, 0.5) is 0 Å². The molecule has 2 fully saturated rings. The molecular weight excluding hydrogens is 128 g/mol. The molecule has 2 nitrogen and oxygen atoms in total. The predicted molar refractivity (Wildman–Crippen MR) is 37.5 cm³/mol. The lowest BCUT2D eigenvalue weighted by molar-refractivity contribution is -0.0590. The van der Waals surface area contributed by atoms with Crippen LogP contribution in [0.3, 0.4) is 0 Å². The van der Waals surface area contributed by atoms with Gasteiger partial charge in [-0.25, -0.2) is 0 Å². The van der Waals surface area contributed by atoms with Gasteiger partial charge in [-0.15, -0.1) is 0 Å². The molecule has 0 aromatic rings. The van der Waals surface area contributed by atoms with Crippen molar-refractivity contribution in [2.45, 2.75) is 25.7 Å². The van der Waals surface area contributed by atoms with E-state index in [0.29, 0.717) is 12.0 Å². The highest BCUT2D eigenvalue weighted by Crippen LogP contribution is 2.33. The van der Waals surface area contributed by atoms with Crippen LogP contribution >= 0.6 is 0 Å². The third-order valence-corrected chi connectivity index (χ3v) is 2.26. The van der Waals surface area contributed by atoms with Gasteiger partial charge in [0, 0.05) is 0 Å². The normalized spacial score (nSPS) is 46.1. The van der Waals surface area contributed by atoms with Crippen LogP contribution in [-0.2, 0) is 9.47 Å². The highest BCUT2D eigenvalue weighted by Gasteiger charge is 2.37. The number of rotatable bonds is 0.